The number of nitrogen functional groups attached to an aromatic ring is 1. The van der Waals surface area contributed by atoms with Gasteiger partial charge in [-0.25, -0.2) is 15.0 Å². The smallest absolute Gasteiger partial charge is 0.309 e. The van der Waals surface area contributed by atoms with E-state index in [1.807, 2.05) is 0 Å². The SMILES string of the molecule is CCNC(=O)[C@H]1O[C@@H](n2cnc3c(N)nc(C#CCN4CCC(C(=O)OCC)CC4)nc32)C(O)C1O. The number of likely N-dealkylation sites (N-methyl/N-ethyl adjacent to an activating group) is 1. The molecule has 0 spiro atoms. The zero-order chi connectivity index (χ0) is 25.8. The fraction of sp³-hybridized carbons (Fsp3) is 0.609. The molecule has 4 heterocycles. The van der Waals surface area contributed by atoms with Gasteiger partial charge in [0.1, 0.15) is 17.7 Å². The molecule has 0 aliphatic carbocycles. The number of rotatable bonds is 6. The standard InChI is InChI=1S/C23H31N7O6/c1-3-25-21(33)18-16(31)17(32)22(36-18)30-12-26-15-19(24)27-14(28-20(15)30)6-5-9-29-10-7-13(8-11-29)23(34)35-4-2/h12-13,16-18,22,31-32H,3-4,7-11H2,1-2H3,(H,25,33)(H2,24,27,28)/t16?,17?,18-,22+/m0/s1. The van der Waals surface area contributed by atoms with E-state index in [-0.39, 0.29) is 34.7 Å². The number of nitrogens with zero attached hydrogens (tertiary/aromatic N) is 5. The summed E-state index contributed by atoms with van der Waals surface area (Å²) < 4.78 is 12.2. The van der Waals surface area contributed by atoms with Crippen LogP contribution in [0.5, 0.6) is 0 Å². The largest absolute Gasteiger partial charge is 0.466 e. The number of nitrogens with two attached hydrogens (primary N) is 1. The van der Waals surface area contributed by atoms with Gasteiger partial charge in [-0.15, -0.1) is 0 Å². The number of amides is 1. The number of carbonyl (C=O) groups excluding carboxylic acids is 2. The topological polar surface area (TPSA) is 178 Å². The van der Waals surface area contributed by atoms with Crippen LogP contribution in [0.1, 0.15) is 38.7 Å². The molecule has 36 heavy (non-hydrogen) atoms. The molecule has 0 saturated carbocycles. The summed E-state index contributed by atoms with van der Waals surface area (Å²) in [6.45, 7) is 6.23. The van der Waals surface area contributed by atoms with Gasteiger partial charge in [0, 0.05) is 6.54 Å². The zero-order valence-corrected chi connectivity index (χ0v) is 20.3. The maximum atomic E-state index is 12.2. The molecule has 2 aromatic heterocycles. The van der Waals surface area contributed by atoms with Gasteiger partial charge in [0.05, 0.1) is 25.4 Å². The van der Waals surface area contributed by atoms with E-state index >= 15 is 0 Å². The van der Waals surface area contributed by atoms with Gasteiger partial charge in [-0.05, 0) is 45.7 Å². The monoisotopic (exact) mass is 501 g/mol. The molecule has 13 nitrogen and oxygen atoms in total. The molecule has 2 unspecified atom stereocenters. The maximum Gasteiger partial charge on any atom is 0.309 e. The predicted octanol–water partition coefficient (Wildman–Crippen LogP) is -1.21. The van der Waals surface area contributed by atoms with E-state index in [1.54, 1.807) is 13.8 Å². The fourth-order valence-corrected chi connectivity index (χ4v) is 4.38. The first-order valence-electron chi connectivity index (χ1n) is 12.0. The number of esters is 1. The second kappa shape index (κ2) is 11.2. The normalized spacial score (nSPS) is 24.9. The Bertz CT molecular complexity index is 1170. The van der Waals surface area contributed by atoms with Crippen molar-refractivity contribution in [1.29, 1.82) is 0 Å². The van der Waals surface area contributed by atoms with Crippen molar-refractivity contribution in [2.24, 2.45) is 5.92 Å². The van der Waals surface area contributed by atoms with Gasteiger partial charge >= 0.3 is 5.97 Å². The van der Waals surface area contributed by atoms with Gasteiger partial charge in [0.25, 0.3) is 5.91 Å². The zero-order valence-electron chi connectivity index (χ0n) is 20.3. The van der Waals surface area contributed by atoms with Crippen LogP contribution in [0.25, 0.3) is 11.2 Å². The average Bonchev–Trinajstić information content (AvgIpc) is 3.41. The summed E-state index contributed by atoms with van der Waals surface area (Å²) >= 11 is 0. The summed E-state index contributed by atoms with van der Waals surface area (Å²) in [5.41, 5.74) is 6.61. The summed E-state index contributed by atoms with van der Waals surface area (Å²) in [6, 6.07) is 0. The van der Waals surface area contributed by atoms with Crippen molar-refractivity contribution >= 4 is 28.9 Å². The Morgan fingerprint density at radius 2 is 2.00 bits per heavy atom. The molecule has 0 radical (unpaired) electrons. The number of hydrogen-bond donors (Lipinski definition) is 4. The number of likely N-dealkylation sites (tertiary alicyclic amines) is 1. The quantitative estimate of drug-likeness (QED) is 0.276. The number of carbonyl (C=O) groups is 2. The third-order valence-electron chi connectivity index (χ3n) is 6.28. The molecular formula is C23H31N7O6. The molecule has 4 rings (SSSR count). The van der Waals surface area contributed by atoms with Crippen LogP contribution in [0.2, 0.25) is 0 Å². The molecule has 4 atom stereocenters. The van der Waals surface area contributed by atoms with Crippen LogP contribution in [0.3, 0.4) is 0 Å². The van der Waals surface area contributed by atoms with Crippen molar-refractivity contribution in [3.05, 3.63) is 12.2 Å². The summed E-state index contributed by atoms with van der Waals surface area (Å²) in [5, 5.41) is 23.5. The second-order valence-corrected chi connectivity index (χ2v) is 8.68. The number of aromatic nitrogens is 4. The summed E-state index contributed by atoms with van der Waals surface area (Å²) in [7, 11) is 0. The third kappa shape index (κ3) is 5.26. The van der Waals surface area contributed by atoms with Gasteiger partial charge in [0.2, 0.25) is 5.82 Å². The average molecular weight is 502 g/mol. The number of piperidine rings is 1. The van der Waals surface area contributed by atoms with Crippen LogP contribution in [-0.4, -0.2) is 97.6 Å². The molecule has 13 heteroatoms. The molecule has 2 aliphatic heterocycles. The van der Waals surface area contributed by atoms with Crippen molar-refractivity contribution < 1.29 is 29.3 Å². The number of ether oxygens (including phenoxy) is 2. The minimum Gasteiger partial charge on any atom is -0.466 e. The molecule has 2 aliphatic rings. The summed E-state index contributed by atoms with van der Waals surface area (Å²) in [5.74, 6) is 5.48. The minimum atomic E-state index is -1.43. The Morgan fingerprint density at radius 3 is 2.69 bits per heavy atom. The van der Waals surface area contributed by atoms with E-state index in [0.717, 1.165) is 25.9 Å². The first-order chi connectivity index (χ1) is 17.3. The lowest BCUT2D eigenvalue weighted by Gasteiger charge is -2.29. The summed E-state index contributed by atoms with van der Waals surface area (Å²) in [4.78, 5) is 39.1. The molecule has 0 bridgehead atoms. The number of nitrogens with one attached hydrogen (secondary N) is 1. The van der Waals surface area contributed by atoms with Gasteiger partial charge in [-0.1, -0.05) is 5.92 Å². The Hall–Kier alpha value is -3.31. The first-order valence-corrected chi connectivity index (χ1v) is 12.0. The van der Waals surface area contributed by atoms with Crippen LogP contribution in [0.4, 0.5) is 5.82 Å². The highest BCUT2D eigenvalue weighted by molar-refractivity contribution is 5.83. The Balaban J connectivity index is 1.47. The predicted molar refractivity (Wildman–Crippen MR) is 127 cm³/mol. The van der Waals surface area contributed by atoms with Gasteiger partial charge in [-0.2, -0.15) is 0 Å². The highest BCUT2D eigenvalue weighted by Gasteiger charge is 2.47. The molecule has 1 amide bonds. The van der Waals surface area contributed by atoms with Gasteiger partial charge in [0.15, 0.2) is 23.8 Å². The maximum absolute atomic E-state index is 12.2. The number of hydrogen-bond acceptors (Lipinski definition) is 11. The number of anilines is 1. The van der Waals surface area contributed by atoms with Crippen LogP contribution < -0.4 is 11.1 Å². The molecule has 2 fully saturated rings. The van der Waals surface area contributed by atoms with Gasteiger partial charge in [-0.3, -0.25) is 19.1 Å². The van der Waals surface area contributed by atoms with E-state index in [0.29, 0.717) is 19.7 Å². The molecule has 194 valence electrons. The summed E-state index contributed by atoms with van der Waals surface area (Å²) in [6.07, 6.45) is -2.35. The van der Waals surface area contributed by atoms with Crippen LogP contribution in [0.15, 0.2) is 6.33 Å². The van der Waals surface area contributed by atoms with Crippen molar-refractivity contribution in [2.75, 3.05) is 38.5 Å². The van der Waals surface area contributed by atoms with Crippen molar-refractivity contribution in [1.82, 2.24) is 29.7 Å². The highest BCUT2D eigenvalue weighted by atomic mass is 16.6. The molecule has 2 aromatic rings. The number of imidazole rings is 1. The van der Waals surface area contributed by atoms with E-state index in [1.165, 1.54) is 10.9 Å². The van der Waals surface area contributed by atoms with Crippen LogP contribution in [0, 0.1) is 17.8 Å². The Labute approximate surface area is 208 Å². The minimum absolute atomic E-state index is 0.0701. The lowest BCUT2D eigenvalue weighted by Crippen LogP contribution is -2.42. The molecule has 5 N–H and O–H groups in total. The van der Waals surface area contributed by atoms with Gasteiger partial charge < -0.3 is 30.7 Å². The molecule has 0 aromatic carbocycles. The molecule has 2 saturated heterocycles. The van der Waals surface area contributed by atoms with E-state index in [2.05, 4.69) is 37.0 Å². The first kappa shape index (κ1) is 25.8. The molecular weight excluding hydrogens is 470 g/mol. The number of fused-ring (bicyclic) bond motifs is 1. The lowest BCUT2D eigenvalue weighted by molar-refractivity contribution is -0.149. The van der Waals surface area contributed by atoms with E-state index < -0.39 is 30.4 Å². The number of aliphatic hydroxyl groups is 2. The Kier molecular flexibility index (Phi) is 8.00. The lowest BCUT2D eigenvalue weighted by atomic mass is 9.97. The Morgan fingerprint density at radius 1 is 1.25 bits per heavy atom. The fourth-order valence-electron chi connectivity index (χ4n) is 4.38. The third-order valence-corrected chi connectivity index (χ3v) is 6.28. The van der Waals surface area contributed by atoms with Crippen molar-refractivity contribution in [3.63, 3.8) is 0 Å². The van der Waals surface area contributed by atoms with E-state index in [9.17, 15) is 19.8 Å². The van der Waals surface area contributed by atoms with Crippen LogP contribution in [-0.2, 0) is 19.1 Å². The van der Waals surface area contributed by atoms with Crippen molar-refractivity contribution in [2.45, 2.75) is 51.2 Å². The van der Waals surface area contributed by atoms with Crippen molar-refractivity contribution in [3.8, 4) is 11.8 Å². The second-order valence-electron chi connectivity index (χ2n) is 8.68. The number of aliphatic hydroxyl groups excluding tert-OH is 2. The van der Waals surface area contributed by atoms with E-state index in [4.69, 9.17) is 15.2 Å². The highest BCUT2D eigenvalue weighted by Crippen LogP contribution is 2.32. The van der Waals surface area contributed by atoms with Crippen LogP contribution >= 0.6 is 0 Å².